The molecule has 430 valence electrons. The van der Waals surface area contributed by atoms with Gasteiger partial charge >= 0.3 is 0 Å². The predicted octanol–water partition coefficient (Wildman–Crippen LogP) is 19.5. The molecule has 1 N–H and O–H groups in total. The van der Waals surface area contributed by atoms with Gasteiger partial charge in [-0.3, -0.25) is 4.55 Å². The number of anilines is 10. The van der Waals surface area contributed by atoms with Gasteiger partial charge in [-0.1, -0.05) is 124 Å². The molecule has 0 heterocycles. The molecule has 0 aromatic heterocycles. The summed E-state index contributed by atoms with van der Waals surface area (Å²) in [6.07, 6.45) is 19.3. The highest BCUT2D eigenvalue weighted by Crippen LogP contribution is 2.41. The number of unbranched alkanes of at least 4 members (excludes halogenated alkanes) is 8. The van der Waals surface area contributed by atoms with Crippen LogP contribution in [0.25, 0.3) is 0 Å². The molecule has 6 aromatic carbocycles. The summed E-state index contributed by atoms with van der Waals surface area (Å²) in [6.45, 7) is 29.0. The maximum absolute atomic E-state index is 10.5. The van der Waals surface area contributed by atoms with E-state index in [1.54, 1.807) is 12.1 Å². The molecule has 0 atom stereocenters. The van der Waals surface area contributed by atoms with Gasteiger partial charge in [-0.2, -0.15) is 8.42 Å². The van der Waals surface area contributed by atoms with Crippen LogP contribution >= 0.6 is 0 Å². The van der Waals surface area contributed by atoms with Crippen LogP contribution in [0.2, 0.25) is 0 Å². The molecule has 0 aliphatic carbocycles. The van der Waals surface area contributed by atoms with Gasteiger partial charge in [0.15, 0.2) is 0 Å². The number of nitrogens with zero attached hydrogens (tertiary/aromatic N) is 6. The van der Waals surface area contributed by atoms with E-state index in [-0.39, 0.29) is 4.90 Å². The minimum absolute atomic E-state index is 0.0666. The van der Waals surface area contributed by atoms with Crippen molar-refractivity contribution >= 4 is 67.0 Å². The summed E-state index contributed by atoms with van der Waals surface area (Å²) in [6, 6.07) is 52.7. The lowest BCUT2D eigenvalue weighted by atomic mass is 10.1. The lowest BCUT2D eigenvalue weighted by Gasteiger charge is -2.31. The summed E-state index contributed by atoms with van der Waals surface area (Å²) in [5.74, 6) is 0. The Hall–Kier alpha value is -5.97. The first-order chi connectivity index (χ1) is 38.4. The molecule has 79 heavy (non-hydrogen) atoms. The highest BCUT2D eigenvalue weighted by molar-refractivity contribution is 7.85. The Morgan fingerprint density at radius 3 is 0.595 bits per heavy atom. The van der Waals surface area contributed by atoms with E-state index in [0.717, 1.165) is 69.3 Å². The molecular weight excluding hydrogens is 993 g/mol. The van der Waals surface area contributed by atoms with Gasteiger partial charge in [-0.25, -0.2) is 0 Å². The summed E-state index contributed by atoms with van der Waals surface area (Å²) in [7, 11) is -4.02. The van der Waals surface area contributed by atoms with Crippen LogP contribution < -0.4 is 29.4 Å². The fourth-order valence-electron chi connectivity index (χ4n) is 9.88. The number of rotatable bonds is 35. The second-order valence-electron chi connectivity index (χ2n) is 21.3. The topological polar surface area (TPSA) is 73.8 Å². The van der Waals surface area contributed by atoms with E-state index in [2.05, 4.69) is 206 Å². The monoisotopic (exact) mass is 1090 g/mol. The zero-order chi connectivity index (χ0) is 56.8. The zero-order valence-corrected chi connectivity index (χ0v) is 51.0. The van der Waals surface area contributed by atoms with E-state index >= 15 is 0 Å². The highest BCUT2D eigenvalue weighted by atomic mass is 32.2. The lowest BCUT2D eigenvalue weighted by Crippen LogP contribution is -2.25. The summed E-state index contributed by atoms with van der Waals surface area (Å²) < 4.78 is 29.6. The fourth-order valence-corrected chi connectivity index (χ4v) is 10.4. The molecule has 0 radical (unpaired) electrons. The summed E-state index contributed by atoms with van der Waals surface area (Å²) >= 11 is 0. The van der Waals surface area contributed by atoms with Crippen LogP contribution in [0.1, 0.15) is 164 Å². The smallest absolute Gasteiger partial charge is 0.294 e. The molecule has 0 unspecified atom stereocenters. The van der Waals surface area contributed by atoms with Crippen molar-refractivity contribution in [2.45, 2.75) is 170 Å². The van der Waals surface area contributed by atoms with Crippen molar-refractivity contribution in [2.24, 2.45) is 0 Å². The van der Waals surface area contributed by atoms with Crippen LogP contribution in [0.15, 0.2) is 150 Å². The van der Waals surface area contributed by atoms with Gasteiger partial charge < -0.3 is 29.4 Å². The molecular formula is C69H100N6O3S. The van der Waals surface area contributed by atoms with Crippen molar-refractivity contribution in [3.05, 3.63) is 151 Å². The molecule has 0 amide bonds. The predicted molar refractivity (Wildman–Crippen MR) is 345 cm³/mol. The van der Waals surface area contributed by atoms with Crippen molar-refractivity contribution < 1.29 is 13.0 Å². The van der Waals surface area contributed by atoms with Gasteiger partial charge in [0.05, 0.1) is 4.90 Å². The quantitative estimate of drug-likeness (QED) is 0.0392. The summed E-state index contributed by atoms with van der Waals surface area (Å²) in [4.78, 5) is 15.2. The van der Waals surface area contributed by atoms with E-state index in [1.807, 2.05) is 6.92 Å². The van der Waals surface area contributed by atoms with Crippen molar-refractivity contribution in [2.75, 3.05) is 81.8 Å². The molecule has 0 saturated carbocycles. The Kier molecular flexibility index (Phi) is 28.2. The summed E-state index contributed by atoms with van der Waals surface area (Å²) in [5, 5.41) is 0. The molecule has 0 saturated heterocycles. The number of benzene rings is 6. The number of hydrogen-bond donors (Lipinski definition) is 1. The Balaban J connectivity index is 0.000000928. The summed E-state index contributed by atoms with van der Waals surface area (Å²) in [5.41, 5.74) is 13.2. The second-order valence-corrected chi connectivity index (χ2v) is 22.7. The van der Waals surface area contributed by atoms with E-state index in [0.29, 0.717) is 0 Å². The number of hydrogen-bond acceptors (Lipinski definition) is 8. The molecule has 10 heteroatoms. The van der Waals surface area contributed by atoms with Crippen molar-refractivity contribution in [3.8, 4) is 0 Å². The number of aryl methyl sites for hydroxylation is 1. The minimum atomic E-state index is -4.02. The van der Waals surface area contributed by atoms with Crippen LogP contribution in [0, 0.1) is 6.92 Å². The van der Waals surface area contributed by atoms with Gasteiger partial charge in [0.2, 0.25) is 0 Å². The Morgan fingerprint density at radius 2 is 0.443 bits per heavy atom. The molecule has 9 nitrogen and oxygen atoms in total. The first kappa shape index (κ1) is 63.9. The van der Waals surface area contributed by atoms with Gasteiger partial charge in [0.1, 0.15) is 0 Å². The minimum Gasteiger partial charge on any atom is -0.372 e. The Labute approximate surface area is 480 Å². The first-order valence-corrected chi connectivity index (χ1v) is 32.0. The average Bonchev–Trinajstić information content (AvgIpc) is 3.47. The van der Waals surface area contributed by atoms with E-state index in [4.69, 9.17) is 4.55 Å². The van der Waals surface area contributed by atoms with Crippen LogP contribution in [-0.4, -0.2) is 65.3 Å². The van der Waals surface area contributed by atoms with Gasteiger partial charge in [0, 0.05) is 109 Å². The van der Waals surface area contributed by atoms with Gasteiger partial charge in [-0.05, 0) is 192 Å². The van der Waals surface area contributed by atoms with E-state index in [1.165, 1.54) is 160 Å². The van der Waals surface area contributed by atoms with Crippen molar-refractivity contribution in [3.63, 3.8) is 0 Å². The Bertz CT molecular complexity index is 2350. The average molecular weight is 1090 g/mol. The first-order valence-electron chi connectivity index (χ1n) is 30.6. The van der Waals surface area contributed by atoms with Crippen molar-refractivity contribution in [1.82, 2.24) is 0 Å². The molecule has 6 rings (SSSR count). The lowest BCUT2D eigenvalue weighted by molar-refractivity contribution is 0.483. The van der Waals surface area contributed by atoms with Crippen LogP contribution in [0.3, 0.4) is 0 Å². The largest absolute Gasteiger partial charge is 0.372 e. The van der Waals surface area contributed by atoms with Gasteiger partial charge in [0.25, 0.3) is 10.1 Å². The van der Waals surface area contributed by atoms with E-state index in [9.17, 15) is 8.42 Å². The highest BCUT2D eigenvalue weighted by Gasteiger charge is 2.19. The van der Waals surface area contributed by atoms with Crippen molar-refractivity contribution in [1.29, 1.82) is 0 Å². The van der Waals surface area contributed by atoms with Gasteiger partial charge in [-0.15, -0.1) is 0 Å². The standard InChI is InChI=1S/C62H92N6.C7H8O3S/c1-9-17-45-63(46-18-10-2)53-25-33-57(34-26-53)67(58-35-27-54(28-36-58)64(47-19-11-3)48-20-12-4)61-41-43-62(44-42-61)68(59-37-29-55(30-38-59)65(49-21-13-5)50-22-14-6)60-39-31-56(32-40-60)66(51-23-15-7)52-24-16-8;1-6-2-4-7(5-3-6)11(8,9)10/h25-44H,9-24,45-52H2,1-8H3;2-5H,1H3,(H,8,9,10). The molecule has 0 fully saturated rings. The zero-order valence-electron chi connectivity index (χ0n) is 50.2. The van der Waals surface area contributed by atoms with Crippen LogP contribution in [-0.2, 0) is 10.1 Å². The fraction of sp³-hybridized carbons (Fsp3) is 0.478. The normalized spacial score (nSPS) is 11.2. The molecule has 0 spiro atoms. The molecule has 0 aliphatic rings. The third-order valence-electron chi connectivity index (χ3n) is 14.8. The maximum Gasteiger partial charge on any atom is 0.294 e. The van der Waals surface area contributed by atoms with E-state index < -0.39 is 10.1 Å². The van der Waals surface area contributed by atoms with Crippen LogP contribution in [0.4, 0.5) is 56.9 Å². The molecule has 6 aromatic rings. The van der Waals surface area contributed by atoms with Crippen LogP contribution in [0.5, 0.6) is 0 Å². The SMILES string of the molecule is CCCCN(CCCC)c1ccc(N(c2ccc(N(CCCC)CCCC)cc2)c2ccc(N(c3ccc(N(CCCC)CCCC)cc3)c3ccc(N(CCCC)CCCC)cc3)cc2)cc1.Cc1ccc(S(=O)(=O)O)cc1. The molecule has 0 aliphatic heterocycles. The Morgan fingerprint density at radius 1 is 0.278 bits per heavy atom. The second kappa shape index (κ2) is 34.9. The molecule has 0 bridgehead atoms. The third-order valence-corrected chi connectivity index (χ3v) is 15.7. The third kappa shape index (κ3) is 20.3. The maximum atomic E-state index is 10.5.